The van der Waals surface area contributed by atoms with Gasteiger partial charge in [-0.1, -0.05) is 54.6 Å². The summed E-state index contributed by atoms with van der Waals surface area (Å²) >= 11 is 5.41. The van der Waals surface area contributed by atoms with Crippen LogP contribution in [0.4, 0.5) is 5.69 Å². The second kappa shape index (κ2) is 7.14. The van der Waals surface area contributed by atoms with Gasteiger partial charge in [-0.15, -0.1) is 0 Å². The van der Waals surface area contributed by atoms with E-state index in [2.05, 4.69) is 11.4 Å². The van der Waals surface area contributed by atoms with Crippen LogP contribution in [0, 0.1) is 0 Å². The van der Waals surface area contributed by atoms with Crippen LogP contribution in [0.2, 0.25) is 0 Å². The highest BCUT2D eigenvalue weighted by Gasteiger charge is 2.22. The first-order valence-corrected chi connectivity index (χ1v) is 8.93. The molecule has 0 spiro atoms. The van der Waals surface area contributed by atoms with Gasteiger partial charge in [-0.3, -0.25) is 10.1 Å². The molecule has 3 aromatic carbocycles. The van der Waals surface area contributed by atoms with Crippen LogP contribution in [-0.2, 0) is 11.2 Å². The summed E-state index contributed by atoms with van der Waals surface area (Å²) < 4.78 is 5.72. The van der Waals surface area contributed by atoms with Crippen molar-refractivity contribution >= 4 is 39.7 Å². The topological polar surface area (TPSA) is 41.6 Å². The summed E-state index contributed by atoms with van der Waals surface area (Å²) in [5.41, 5.74) is 2.31. The van der Waals surface area contributed by atoms with E-state index >= 15 is 0 Å². The molecule has 26 heavy (non-hydrogen) atoms. The van der Waals surface area contributed by atoms with Gasteiger partial charge in [0.15, 0.2) is 11.7 Å². The first-order valence-electron chi connectivity index (χ1n) is 8.52. The summed E-state index contributed by atoms with van der Waals surface area (Å²) in [7, 11) is 0. The van der Waals surface area contributed by atoms with Crippen molar-refractivity contribution in [3.8, 4) is 5.75 Å². The molecular formula is C21H18N2O2S. The number of para-hydroxylation sites is 1. The second-order valence-electron chi connectivity index (χ2n) is 6.15. The van der Waals surface area contributed by atoms with Crippen LogP contribution in [0.15, 0.2) is 66.7 Å². The third-order valence-electron chi connectivity index (χ3n) is 4.49. The van der Waals surface area contributed by atoms with Gasteiger partial charge in [0, 0.05) is 17.6 Å². The summed E-state index contributed by atoms with van der Waals surface area (Å²) in [5, 5.41) is 5.26. The highest BCUT2D eigenvalue weighted by molar-refractivity contribution is 7.80. The van der Waals surface area contributed by atoms with E-state index in [1.807, 2.05) is 65.6 Å². The van der Waals surface area contributed by atoms with Crippen LogP contribution in [0.5, 0.6) is 5.75 Å². The van der Waals surface area contributed by atoms with E-state index in [9.17, 15) is 4.79 Å². The molecule has 1 aliphatic heterocycles. The third kappa shape index (κ3) is 3.26. The van der Waals surface area contributed by atoms with Crippen LogP contribution < -0.4 is 15.0 Å². The largest absolute Gasteiger partial charge is 0.483 e. The number of thiocarbonyl (C=S) groups is 1. The molecule has 1 aliphatic rings. The van der Waals surface area contributed by atoms with E-state index in [1.165, 1.54) is 5.56 Å². The minimum absolute atomic E-state index is 0.0797. The number of nitrogens with zero attached hydrogens (tertiary/aromatic N) is 1. The Hall–Kier alpha value is -2.92. The van der Waals surface area contributed by atoms with Crippen molar-refractivity contribution in [2.24, 2.45) is 0 Å². The molecule has 1 heterocycles. The monoisotopic (exact) mass is 362 g/mol. The predicted octanol–water partition coefficient (Wildman–Crippen LogP) is 3.68. The van der Waals surface area contributed by atoms with Gasteiger partial charge in [0.25, 0.3) is 5.91 Å². The van der Waals surface area contributed by atoms with E-state index in [0.29, 0.717) is 10.9 Å². The normalized spacial score (nSPS) is 12.7. The van der Waals surface area contributed by atoms with Gasteiger partial charge in [-0.05, 0) is 41.7 Å². The number of fused-ring (bicyclic) bond motifs is 2. The SMILES string of the molecule is O=C(COc1cccc2ccccc12)NC(=S)N1CCc2ccccc21. The lowest BCUT2D eigenvalue weighted by Crippen LogP contribution is -2.43. The van der Waals surface area contributed by atoms with E-state index < -0.39 is 0 Å². The molecule has 130 valence electrons. The molecule has 4 nitrogen and oxygen atoms in total. The Morgan fingerprint density at radius 2 is 1.81 bits per heavy atom. The maximum absolute atomic E-state index is 12.3. The molecule has 5 heteroatoms. The Kier molecular flexibility index (Phi) is 4.54. The Morgan fingerprint density at radius 3 is 2.73 bits per heavy atom. The average Bonchev–Trinajstić information content (AvgIpc) is 3.10. The van der Waals surface area contributed by atoms with Gasteiger partial charge in [-0.2, -0.15) is 0 Å². The van der Waals surface area contributed by atoms with Gasteiger partial charge in [0.2, 0.25) is 0 Å². The van der Waals surface area contributed by atoms with Crippen molar-refractivity contribution in [1.29, 1.82) is 0 Å². The van der Waals surface area contributed by atoms with Crippen molar-refractivity contribution in [1.82, 2.24) is 5.32 Å². The standard InChI is InChI=1S/C21H18N2O2S/c24-20(14-25-19-11-5-8-15-6-1-3-9-17(15)19)22-21(26)23-13-12-16-7-2-4-10-18(16)23/h1-11H,12-14H2,(H,22,24,26). The smallest absolute Gasteiger partial charge is 0.264 e. The number of nitrogens with one attached hydrogen (secondary N) is 1. The zero-order valence-electron chi connectivity index (χ0n) is 14.1. The van der Waals surface area contributed by atoms with Crippen molar-refractivity contribution in [2.75, 3.05) is 18.1 Å². The van der Waals surface area contributed by atoms with Crippen LogP contribution in [0.1, 0.15) is 5.56 Å². The lowest BCUT2D eigenvalue weighted by Gasteiger charge is -2.20. The summed E-state index contributed by atoms with van der Waals surface area (Å²) in [6.45, 7) is 0.701. The first-order chi connectivity index (χ1) is 12.7. The fourth-order valence-electron chi connectivity index (χ4n) is 3.24. The molecule has 0 atom stereocenters. The number of carbonyl (C=O) groups is 1. The van der Waals surface area contributed by atoms with E-state index in [1.54, 1.807) is 0 Å². The molecule has 0 aliphatic carbocycles. The van der Waals surface area contributed by atoms with Crippen LogP contribution in [0.25, 0.3) is 10.8 Å². The second-order valence-corrected chi connectivity index (χ2v) is 6.54. The number of benzene rings is 3. The molecule has 0 fully saturated rings. The van der Waals surface area contributed by atoms with E-state index in [-0.39, 0.29) is 12.5 Å². The van der Waals surface area contributed by atoms with Crippen molar-refractivity contribution < 1.29 is 9.53 Å². The van der Waals surface area contributed by atoms with Crippen LogP contribution >= 0.6 is 12.2 Å². The minimum Gasteiger partial charge on any atom is -0.483 e. The summed E-state index contributed by atoms with van der Waals surface area (Å²) in [6.07, 6.45) is 0.929. The summed E-state index contributed by atoms with van der Waals surface area (Å²) in [4.78, 5) is 14.2. The molecule has 4 rings (SSSR count). The first kappa shape index (κ1) is 16.5. The Bertz CT molecular complexity index is 981. The molecule has 1 N–H and O–H groups in total. The molecule has 0 bridgehead atoms. The fraction of sp³-hybridized carbons (Fsp3) is 0.143. The molecular weight excluding hydrogens is 344 g/mol. The number of hydrogen-bond acceptors (Lipinski definition) is 3. The quantitative estimate of drug-likeness (QED) is 0.722. The van der Waals surface area contributed by atoms with Gasteiger partial charge >= 0.3 is 0 Å². The molecule has 0 radical (unpaired) electrons. The third-order valence-corrected chi connectivity index (χ3v) is 4.81. The lowest BCUT2D eigenvalue weighted by atomic mass is 10.1. The Balaban J connectivity index is 1.39. The lowest BCUT2D eigenvalue weighted by molar-refractivity contribution is -0.121. The minimum atomic E-state index is -0.257. The fourth-order valence-corrected chi connectivity index (χ4v) is 3.54. The van der Waals surface area contributed by atoms with Crippen molar-refractivity contribution in [2.45, 2.75) is 6.42 Å². The molecule has 0 unspecified atom stereocenters. The van der Waals surface area contributed by atoms with Gasteiger partial charge < -0.3 is 9.64 Å². The molecule has 1 amide bonds. The Morgan fingerprint density at radius 1 is 1.04 bits per heavy atom. The van der Waals surface area contributed by atoms with Gasteiger partial charge in [0.05, 0.1) is 0 Å². The number of amides is 1. The van der Waals surface area contributed by atoms with Crippen LogP contribution in [-0.4, -0.2) is 24.2 Å². The van der Waals surface area contributed by atoms with Gasteiger partial charge in [0.1, 0.15) is 5.75 Å². The van der Waals surface area contributed by atoms with E-state index in [4.69, 9.17) is 17.0 Å². The molecule has 0 saturated heterocycles. The highest BCUT2D eigenvalue weighted by Crippen LogP contribution is 2.27. The summed E-state index contributed by atoms with van der Waals surface area (Å²) in [5.74, 6) is 0.433. The molecule has 0 saturated carbocycles. The zero-order chi connectivity index (χ0) is 17.9. The Labute approximate surface area is 157 Å². The maximum atomic E-state index is 12.3. The average molecular weight is 362 g/mol. The van der Waals surface area contributed by atoms with Crippen LogP contribution in [0.3, 0.4) is 0 Å². The molecule has 3 aromatic rings. The number of hydrogen-bond donors (Lipinski definition) is 1. The van der Waals surface area contributed by atoms with Crippen molar-refractivity contribution in [3.05, 3.63) is 72.3 Å². The van der Waals surface area contributed by atoms with Gasteiger partial charge in [-0.25, -0.2) is 0 Å². The number of anilines is 1. The number of rotatable bonds is 3. The highest BCUT2D eigenvalue weighted by atomic mass is 32.1. The van der Waals surface area contributed by atoms with Crippen molar-refractivity contribution in [3.63, 3.8) is 0 Å². The summed E-state index contributed by atoms with van der Waals surface area (Å²) in [6, 6.07) is 21.8. The zero-order valence-corrected chi connectivity index (χ0v) is 15.0. The van der Waals surface area contributed by atoms with E-state index in [0.717, 1.165) is 29.4 Å². The number of carbonyl (C=O) groups excluding carboxylic acids is 1. The predicted molar refractivity (Wildman–Crippen MR) is 108 cm³/mol. The maximum Gasteiger partial charge on any atom is 0.264 e. The number of ether oxygens (including phenoxy) is 1. The molecule has 0 aromatic heterocycles.